The highest BCUT2D eigenvalue weighted by Crippen LogP contribution is 2.13. The van der Waals surface area contributed by atoms with Crippen LogP contribution in [0.4, 0.5) is 0 Å². The fourth-order valence-corrected chi connectivity index (χ4v) is 1.77. The minimum Gasteiger partial charge on any atom is -0.462 e. The second-order valence-corrected chi connectivity index (χ2v) is 4.42. The Morgan fingerprint density at radius 3 is 2.45 bits per heavy atom. The molecular weight excluding hydrogens is 284 g/mol. The van der Waals surface area contributed by atoms with E-state index in [4.69, 9.17) is 9.47 Å². The van der Waals surface area contributed by atoms with Gasteiger partial charge in [-0.1, -0.05) is 30.3 Å². The molecule has 0 spiro atoms. The van der Waals surface area contributed by atoms with Crippen LogP contribution in [0, 0.1) is 0 Å². The molecule has 0 heterocycles. The van der Waals surface area contributed by atoms with Gasteiger partial charge in [0.25, 0.3) is 0 Å². The van der Waals surface area contributed by atoms with Crippen molar-refractivity contribution < 1.29 is 23.9 Å². The Hall–Kier alpha value is -2.45. The molecule has 5 heteroatoms. The summed E-state index contributed by atoms with van der Waals surface area (Å²) < 4.78 is 10.2. The minimum absolute atomic E-state index is 0.0308. The number of benzene rings is 1. The van der Waals surface area contributed by atoms with E-state index in [1.54, 1.807) is 12.9 Å². The van der Waals surface area contributed by atoms with E-state index in [2.05, 4.69) is 0 Å². The molecule has 0 bridgehead atoms. The standard InChI is InChI=1S/C17H18O5/c1-2-22-17(20)16(12-19)15(11-18)9-6-10-21-13-14-7-4-3-5-8-14/h3-5,7-8H,2,6,9-10,13H2,1H3. The van der Waals surface area contributed by atoms with Crippen LogP contribution in [-0.4, -0.2) is 31.1 Å². The molecule has 0 aromatic heterocycles. The molecule has 1 aromatic carbocycles. The van der Waals surface area contributed by atoms with Gasteiger partial charge in [0.1, 0.15) is 11.9 Å². The zero-order valence-corrected chi connectivity index (χ0v) is 12.5. The number of hydrogen-bond acceptors (Lipinski definition) is 5. The highest BCUT2D eigenvalue weighted by molar-refractivity contribution is 6.03. The lowest BCUT2D eigenvalue weighted by Gasteiger charge is -2.06. The lowest BCUT2D eigenvalue weighted by molar-refractivity contribution is -0.138. The molecule has 0 saturated heterocycles. The maximum Gasteiger partial charge on any atom is 0.350 e. The van der Waals surface area contributed by atoms with Gasteiger partial charge in [0.2, 0.25) is 0 Å². The van der Waals surface area contributed by atoms with E-state index in [0.717, 1.165) is 5.56 Å². The number of carbonyl (C=O) groups excluding carboxylic acids is 3. The molecule has 0 aliphatic rings. The third-order valence-corrected chi connectivity index (χ3v) is 2.83. The van der Waals surface area contributed by atoms with Crippen molar-refractivity contribution in [3.63, 3.8) is 0 Å². The van der Waals surface area contributed by atoms with Crippen molar-refractivity contribution in [2.24, 2.45) is 0 Å². The molecule has 0 N–H and O–H groups in total. The summed E-state index contributed by atoms with van der Waals surface area (Å²) in [7, 11) is 0. The predicted octanol–water partition coefficient (Wildman–Crippen LogP) is 2.06. The first kappa shape index (κ1) is 17.6. The summed E-state index contributed by atoms with van der Waals surface area (Å²) >= 11 is 0. The van der Waals surface area contributed by atoms with Gasteiger partial charge < -0.3 is 9.47 Å². The summed E-state index contributed by atoms with van der Waals surface area (Å²) in [6.45, 7) is 2.60. The summed E-state index contributed by atoms with van der Waals surface area (Å²) in [5, 5.41) is 0. The minimum atomic E-state index is -0.846. The van der Waals surface area contributed by atoms with Gasteiger partial charge in [0, 0.05) is 6.61 Å². The SMILES string of the molecule is CCOC(=O)C(=C=O)C(=C=O)CCCOCc1ccccc1. The molecule has 0 unspecified atom stereocenters. The van der Waals surface area contributed by atoms with E-state index in [9.17, 15) is 14.4 Å². The number of esters is 1. The first-order chi connectivity index (χ1) is 10.7. The predicted molar refractivity (Wildman–Crippen MR) is 80.4 cm³/mol. The van der Waals surface area contributed by atoms with Crippen LogP contribution in [0.15, 0.2) is 41.5 Å². The van der Waals surface area contributed by atoms with Crippen molar-refractivity contribution in [2.45, 2.75) is 26.4 Å². The second-order valence-electron chi connectivity index (χ2n) is 4.42. The van der Waals surface area contributed by atoms with Gasteiger partial charge in [-0.05, 0) is 25.3 Å². The van der Waals surface area contributed by atoms with Crippen LogP contribution in [0.1, 0.15) is 25.3 Å². The van der Waals surface area contributed by atoms with Crippen LogP contribution in [0.3, 0.4) is 0 Å². The molecule has 0 atom stereocenters. The van der Waals surface area contributed by atoms with Gasteiger partial charge in [0.05, 0.1) is 18.8 Å². The second kappa shape index (κ2) is 10.3. The Morgan fingerprint density at radius 1 is 1.14 bits per heavy atom. The van der Waals surface area contributed by atoms with Crippen molar-refractivity contribution in [2.75, 3.05) is 13.2 Å². The fraction of sp³-hybridized carbons (Fsp3) is 0.353. The molecule has 0 amide bonds. The summed E-state index contributed by atoms with van der Waals surface area (Å²) in [6.07, 6.45) is 0.698. The fourth-order valence-electron chi connectivity index (χ4n) is 1.77. The molecule has 22 heavy (non-hydrogen) atoms. The third kappa shape index (κ3) is 5.90. The van der Waals surface area contributed by atoms with Crippen molar-refractivity contribution in [3.8, 4) is 0 Å². The highest BCUT2D eigenvalue weighted by Gasteiger charge is 2.18. The molecule has 0 aliphatic heterocycles. The van der Waals surface area contributed by atoms with Crippen LogP contribution in [0.2, 0.25) is 0 Å². The largest absolute Gasteiger partial charge is 0.462 e. The van der Waals surface area contributed by atoms with Gasteiger partial charge in [-0.2, -0.15) is 0 Å². The summed E-state index contributed by atoms with van der Waals surface area (Å²) in [5.41, 5.74) is 0.630. The molecule has 0 radical (unpaired) electrons. The Balaban J connectivity index is 2.40. The lowest BCUT2D eigenvalue weighted by atomic mass is 10.0. The molecular formula is C17H18O5. The van der Waals surface area contributed by atoms with E-state index in [1.807, 2.05) is 30.3 Å². The Morgan fingerprint density at radius 2 is 1.86 bits per heavy atom. The number of carbonyl (C=O) groups is 1. The van der Waals surface area contributed by atoms with Gasteiger partial charge >= 0.3 is 5.97 Å². The summed E-state index contributed by atoms with van der Waals surface area (Å²) in [4.78, 5) is 33.2. The van der Waals surface area contributed by atoms with Crippen molar-refractivity contribution >= 4 is 17.9 Å². The van der Waals surface area contributed by atoms with E-state index in [1.165, 1.54) is 5.94 Å². The van der Waals surface area contributed by atoms with Crippen molar-refractivity contribution in [1.82, 2.24) is 0 Å². The molecule has 0 aliphatic carbocycles. The number of rotatable bonds is 9. The molecule has 116 valence electrons. The van der Waals surface area contributed by atoms with Gasteiger partial charge in [-0.3, -0.25) is 0 Å². The molecule has 5 nitrogen and oxygen atoms in total. The van der Waals surface area contributed by atoms with Crippen LogP contribution in [-0.2, 0) is 30.5 Å². The zero-order valence-electron chi connectivity index (χ0n) is 12.5. The average Bonchev–Trinajstić information content (AvgIpc) is 2.54. The maximum atomic E-state index is 11.5. The van der Waals surface area contributed by atoms with Crippen LogP contribution in [0.25, 0.3) is 0 Å². The Labute approximate surface area is 129 Å². The quantitative estimate of drug-likeness (QED) is 0.230. The van der Waals surface area contributed by atoms with E-state index < -0.39 is 5.97 Å². The first-order valence-corrected chi connectivity index (χ1v) is 7.01. The van der Waals surface area contributed by atoms with Gasteiger partial charge in [0.15, 0.2) is 5.57 Å². The van der Waals surface area contributed by atoms with Crippen LogP contribution in [0.5, 0.6) is 0 Å². The van der Waals surface area contributed by atoms with E-state index >= 15 is 0 Å². The maximum absolute atomic E-state index is 11.5. The summed E-state index contributed by atoms with van der Waals surface area (Å²) in [6, 6.07) is 9.67. The molecule has 1 rings (SSSR count). The smallest absolute Gasteiger partial charge is 0.350 e. The Kier molecular flexibility index (Phi) is 8.24. The van der Waals surface area contributed by atoms with Crippen molar-refractivity contribution in [3.05, 3.63) is 47.0 Å². The normalized spacial score (nSPS) is 9.50. The monoisotopic (exact) mass is 302 g/mol. The Bertz CT molecular complexity index is 578. The number of ether oxygens (including phenoxy) is 2. The third-order valence-electron chi connectivity index (χ3n) is 2.83. The number of hydrogen-bond donors (Lipinski definition) is 0. The molecule has 0 saturated carbocycles. The van der Waals surface area contributed by atoms with Gasteiger partial charge in [-0.25, -0.2) is 14.4 Å². The lowest BCUT2D eigenvalue weighted by Crippen LogP contribution is -2.11. The zero-order chi connectivity index (χ0) is 16.2. The first-order valence-electron chi connectivity index (χ1n) is 7.01. The molecule has 1 aromatic rings. The average molecular weight is 302 g/mol. The topological polar surface area (TPSA) is 69.7 Å². The van der Waals surface area contributed by atoms with Crippen LogP contribution < -0.4 is 0 Å². The van der Waals surface area contributed by atoms with Crippen molar-refractivity contribution in [1.29, 1.82) is 0 Å². The van der Waals surface area contributed by atoms with E-state index in [-0.39, 0.29) is 24.2 Å². The van der Waals surface area contributed by atoms with Gasteiger partial charge in [-0.15, -0.1) is 0 Å². The summed E-state index contributed by atoms with van der Waals surface area (Å²) in [5.74, 6) is 2.22. The van der Waals surface area contributed by atoms with Crippen LogP contribution >= 0.6 is 0 Å². The van der Waals surface area contributed by atoms with E-state index in [0.29, 0.717) is 19.6 Å². The molecule has 0 fully saturated rings. The highest BCUT2D eigenvalue weighted by atomic mass is 16.5.